The van der Waals surface area contributed by atoms with Crippen molar-refractivity contribution in [1.82, 2.24) is 9.71 Å². The van der Waals surface area contributed by atoms with Gasteiger partial charge in [-0.3, -0.25) is 4.98 Å². The van der Waals surface area contributed by atoms with Gasteiger partial charge >= 0.3 is 0 Å². The van der Waals surface area contributed by atoms with Gasteiger partial charge in [-0.05, 0) is 29.8 Å². The molecule has 0 aliphatic heterocycles. The molecule has 0 aromatic carbocycles. The second-order valence-corrected chi connectivity index (χ2v) is 6.95. The van der Waals surface area contributed by atoms with Gasteiger partial charge in [0.1, 0.15) is 4.21 Å². The van der Waals surface area contributed by atoms with Gasteiger partial charge in [-0.15, -0.1) is 11.3 Å². The minimum absolute atomic E-state index is 0.219. The van der Waals surface area contributed by atoms with Crippen molar-refractivity contribution in [3.63, 3.8) is 0 Å². The molecule has 0 radical (unpaired) electrons. The number of halogens is 1. The lowest BCUT2D eigenvalue weighted by molar-refractivity contribution is 0.583. The van der Waals surface area contributed by atoms with Gasteiger partial charge in [0.15, 0.2) is 0 Å². The highest BCUT2D eigenvalue weighted by Gasteiger charge is 2.15. The van der Waals surface area contributed by atoms with E-state index in [1.807, 2.05) is 0 Å². The van der Waals surface area contributed by atoms with Crippen LogP contribution >= 0.6 is 22.9 Å². The molecule has 0 spiro atoms. The number of nitrogens with zero attached hydrogens (tertiary/aromatic N) is 1. The number of nitrogens with one attached hydrogen (secondary N) is 1. The summed E-state index contributed by atoms with van der Waals surface area (Å²) in [6, 6.07) is 6.56. The van der Waals surface area contributed by atoms with Crippen molar-refractivity contribution in [3.8, 4) is 0 Å². The summed E-state index contributed by atoms with van der Waals surface area (Å²) < 4.78 is 26.9. The molecular formula is C10H9ClN2O2S2. The van der Waals surface area contributed by atoms with Crippen molar-refractivity contribution < 1.29 is 8.42 Å². The Labute approximate surface area is 108 Å². The second-order valence-electron chi connectivity index (χ2n) is 3.24. The maximum absolute atomic E-state index is 11.8. The van der Waals surface area contributed by atoms with E-state index in [2.05, 4.69) is 9.71 Å². The molecule has 2 rings (SSSR count). The minimum atomic E-state index is -3.47. The zero-order valence-corrected chi connectivity index (χ0v) is 11.0. The van der Waals surface area contributed by atoms with Crippen LogP contribution in [0.1, 0.15) is 5.56 Å². The molecule has 17 heavy (non-hydrogen) atoms. The molecule has 0 saturated carbocycles. The van der Waals surface area contributed by atoms with Gasteiger partial charge in [-0.25, -0.2) is 13.1 Å². The number of hydrogen-bond acceptors (Lipinski definition) is 4. The summed E-state index contributed by atoms with van der Waals surface area (Å²) >= 11 is 6.73. The molecule has 0 bridgehead atoms. The quantitative estimate of drug-likeness (QED) is 0.939. The molecule has 0 aliphatic rings. The molecule has 2 aromatic heterocycles. The lowest BCUT2D eigenvalue weighted by Gasteiger charge is -2.04. The zero-order chi connectivity index (χ0) is 12.3. The fraction of sp³-hybridized carbons (Fsp3) is 0.100. The van der Waals surface area contributed by atoms with Crippen LogP contribution in [0.3, 0.4) is 0 Å². The Hall–Kier alpha value is -0.950. The van der Waals surface area contributed by atoms with Crippen LogP contribution < -0.4 is 4.72 Å². The number of hydrogen-bond donors (Lipinski definition) is 1. The van der Waals surface area contributed by atoms with Crippen LogP contribution in [0.15, 0.2) is 40.9 Å². The topological polar surface area (TPSA) is 59.1 Å². The smallest absolute Gasteiger partial charge is 0.250 e. The van der Waals surface area contributed by atoms with E-state index in [-0.39, 0.29) is 10.8 Å². The van der Waals surface area contributed by atoms with E-state index in [0.29, 0.717) is 4.34 Å². The van der Waals surface area contributed by atoms with E-state index in [1.54, 1.807) is 30.6 Å². The first-order chi connectivity index (χ1) is 8.08. The fourth-order valence-corrected chi connectivity index (χ4v) is 3.74. The minimum Gasteiger partial charge on any atom is -0.265 e. The van der Waals surface area contributed by atoms with Crippen molar-refractivity contribution in [2.45, 2.75) is 10.8 Å². The van der Waals surface area contributed by atoms with E-state index in [9.17, 15) is 8.42 Å². The first-order valence-corrected chi connectivity index (χ1v) is 7.39. The van der Waals surface area contributed by atoms with Gasteiger partial charge in [0.05, 0.1) is 4.34 Å². The molecule has 0 unspecified atom stereocenters. The first kappa shape index (κ1) is 12.5. The molecule has 2 aromatic rings. The molecule has 0 amide bonds. The van der Waals surface area contributed by atoms with Gasteiger partial charge < -0.3 is 0 Å². The van der Waals surface area contributed by atoms with E-state index >= 15 is 0 Å². The summed E-state index contributed by atoms with van der Waals surface area (Å²) in [7, 11) is -3.47. The van der Waals surface area contributed by atoms with Gasteiger partial charge in [-0.1, -0.05) is 11.6 Å². The monoisotopic (exact) mass is 288 g/mol. The molecule has 7 heteroatoms. The summed E-state index contributed by atoms with van der Waals surface area (Å²) in [5.41, 5.74) is 0.853. The fourth-order valence-electron chi connectivity index (χ4n) is 1.19. The van der Waals surface area contributed by atoms with Gasteiger partial charge in [0.25, 0.3) is 0 Å². The lowest BCUT2D eigenvalue weighted by Crippen LogP contribution is -2.22. The third-order valence-electron chi connectivity index (χ3n) is 2.03. The molecule has 90 valence electrons. The highest BCUT2D eigenvalue weighted by atomic mass is 35.5. The summed E-state index contributed by atoms with van der Waals surface area (Å²) in [6.07, 6.45) is 3.23. The summed E-state index contributed by atoms with van der Waals surface area (Å²) in [4.78, 5) is 3.86. The third kappa shape index (κ3) is 3.26. The Balaban J connectivity index is 2.09. The van der Waals surface area contributed by atoms with Gasteiger partial charge in [0.2, 0.25) is 10.0 Å². The summed E-state index contributed by atoms with van der Waals surface area (Å²) in [5.74, 6) is 0. The Morgan fingerprint density at radius 2 is 1.94 bits per heavy atom. The van der Waals surface area contributed by atoms with Crippen molar-refractivity contribution >= 4 is 33.0 Å². The van der Waals surface area contributed by atoms with E-state index in [0.717, 1.165) is 16.9 Å². The molecular weight excluding hydrogens is 280 g/mol. The molecule has 2 heterocycles. The predicted octanol–water partition coefficient (Wildman–Crippen LogP) is 2.28. The molecule has 0 atom stereocenters. The average molecular weight is 289 g/mol. The summed E-state index contributed by atoms with van der Waals surface area (Å²) in [6.45, 7) is 0.236. The first-order valence-electron chi connectivity index (χ1n) is 4.72. The maximum Gasteiger partial charge on any atom is 0.250 e. The Morgan fingerprint density at radius 3 is 2.53 bits per heavy atom. The number of sulfonamides is 1. The predicted molar refractivity (Wildman–Crippen MR) is 67.6 cm³/mol. The van der Waals surface area contributed by atoms with Crippen LogP contribution in [-0.2, 0) is 16.6 Å². The largest absolute Gasteiger partial charge is 0.265 e. The molecule has 1 N–H and O–H groups in total. The Kier molecular flexibility index (Phi) is 3.78. The van der Waals surface area contributed by atoms with Crippen molar-refractivity contribution in [1.29, 1.82) is 0 Å². The van der Waals surface area contributed by atoms with Crippen LogP contribution in [0.5, 0.6) is 0 Å². The summed E-state index contributed by atoms with van der Waals surface area (Å²) in [5, 5.41) is 0. The van der Waals surface area contributed by atoms with Gasteiger partial charge in [-0.2, -0.15) is 0 Å². The van der Waals surface area contributed by atoms with E-state index in [1.165, 1.54) is 6.07 Å². The van der Waals surface area contributed by atoms with Crippen molar-refractivity contribution in [2.24, 2.45) is 0 Å². The average Bonchev–Trinajstić information content (AvgIpc) is 2.76. The molecule has 4 nitrogen and oxygen atoms in total. The number of pyridine rings is 1. The van der Waals surface area contributed by atoms with Crippen LogP contribution in [0.4, 0.5) is 0 Å². The van der Waals surface area contributed by atoms with E-state index < -0.39 is 10.0 Å². The number of aromatic nitrogens is 1. The maximum atomic E-state index is 11.8. The lowest BCUT2D eigenvalue weighted by atomic mass is 10.3. The highest BCUT2D eigenvalue weighted by Crippen LogP contribution is 2.25. The van der Waals surface area contributed by atoms with Gasteiger partial charge in [0, 0.05) is 18.9 Å². The third-order valence-corrected chi connectivity index (χ3v) is 5.15. The highest BCUT2D eigenvalue weighted by molar-refractivity contribution is 7.91. The zero-order valence-electron chi connectivity index (χ0n) is 8.63. The standard InChI is InChI=1S/C10H9ClN2O2S2/c11-9-1-2-10(16-9)17(14,15)13-7-8-3-5-12-6-4-8/h1-6,13H,7H2. The Bertz CT molecular complexity index is 596. The number of thiophene rings is 1. The SMILES string of the molecule is O=S(=O)(NCc1ccncc1)c1ccc(Cl)s1. The van der Waals surface area contributed by atoms with Crippen LogP contribution in [-0.4, -0.2) is 13.4 Å². The molecule has 0 saturated heterocycles. The number of rotatable bonds is 4. The normalized spacial score (nSPS) is 11.6. The molecule has 0 fully saturated rings. The second kappa shape index (κ2) is 5.14. The van der Waals surface area contributed by atoms with Crippen molar-refractivity contribution in [2.75, 3.05) is 0 Å². The van der Waals surface area contributed by atoms with E-state index in [4.69, 9.17) is 11.6 Å². The molecule has 0 aliphatic carbocycles. The van der Waals surface area contributed by atoms with Crippen LogP contribution in [0, 0.1) is 0 Å². The Morgan fingerprint density at radius 1 is 1.24 bits per heavy atom. The van der Waals surface area contributed by atoms with Crippen LogP contribution in [0.25, 0.3) is 0 Å². The van der Waals surface area contributed by atoms with Crippen LogP contribution in [0.2, 0.25) is 4.34 Å². The van der Waals surface area contributed by atoms with Crippen molar-refractivity contribution in [3.05, 3.63) is 46.6 Å².